The number of ketones is 2. The van der Waals surface area contributed by atoms with Crippen LogP contribution in [0.2, 0.25) is 0 Å². The molecule has 0 radical (unpaired) electrons. The van der Waals surface area contributed by atoms with Crippen LogP contribution in [-0.2, 0) is 12.8 Å². The number of carbonyl (C=O) groups excluding carboxylic acids is 2. The van der Waals surface area contributed by atoms with Crippen molar-refractivity contribution in [3.63, 3.8) is 0 Å². The smallest absolute Gasteiger partial charge is 0.163 e. The lowest BCUT2D eigenvalue weighted by Gasteiger charge is -2.23. The molecule has 2 heteroatoms. The number of aryl methyl sites for hydroxylation is 4. The molecule has 0 saturated carbocycles. The molecule has 2 aliphatic rings. The first-order valence-electron chi connectivity index (χ1n) is 11.5. The van der Waals surface area contributed by atoms with E-state index in [-0.39, 0.29) is 11.6 Å². The summed E-state index contributed by atoms with van der Waals surface area (Å²) < 4.78 is 0. The standard InChI is InChI=1S/C30H22O2/c1-15-3-5-17-9-11-23(31)21-13-19-7-8-20-14-22-24(32)12-10-18-6-4-16(2)26(28(18)22)30(20)29(19)25(15)27(17)21/h3-8,13-14H,9-12H2,1-2H3. The van der Waals surface area contributed by atoms with Crippen LogP contribution < -0.4 is 0 Å². The number of Topliss-reactive ketones (excluding diaryl/α,β-unsaturated/α-hetero) is 2. The van der Waals surface area contributed by atoms with Gasteiger partial charge in [-0.25, -0.2) is 0 Å². The van der Waals surface area contributed by atoms with Crippen molar-refractivity contribution >= 4 is 54.7 Å². The number of benzene rings is 5. The van der Waals surface area contributed by atoms with Crippen LogP contribution in [0.25, 0.3) is 43.1 Å². The monoisotopic (exact) mass is 414 g/mol. The van der Waals surface area contributed by atoms with E-state index in [0.29, 0.717) is 12.8 Å². The molecule has 0 saturated heterocycles. The first-order valence-corrected chi connectivity index (χ1v) is 11.5. The van der Waals surface area contributed by atoms with Crippen molar-refractivity contribution in [3.05, 3.63) is 81.9 Å². The van der Waals surface area contributed by atoms with E-state index in [0.717, 1.165) is 45.5 Å². The first-order chi connectivity index (χ1) is 15.5. The Bertz CT molecular complexity index is 1590. The van der Waals surface area contributed by atoms with Gasteiger partial charge in [0.1, 0.15) is 0 Å². The van der Waals surface area contributed by atoms with Gasteiger partial charge in [0.25, 0.3) is 0 Å². The molecule has 0 aromatic heterocycles. The summed E-state index contributed by atoms with van der Waals surface area (Å²) in [4.78, 5) is 25.8. The zero-order chi connectivity index (χ0) is 21.7. The SMILES string of the molecule is Cc1ccc2c3c(cc4ccc5cc6c7c(ccc(C)c7c5c4c13)CCC6=O)C(=O)CC2. The number of fused-ring (bicyclic) bond motifs is 5. The Kier molecular flexibility index (Phi) is 3.41. The highest BCUT2D eigenvalue weighted by Gasteiger charge is 2.26. The Morgan fingerprint density at radius 3 is 1.38 bits per heavy atom. The van der Waals surface area contributed by atoms with E-state index < -0.39 is 0 Å². The third-order valence-corrected chi connectivity index (χ3v) is 7.75. The summed E-state index contributed by atoms with van der Waals surface area (Å²) in [5.74, 6) is 0.488. The molecular formula is C30H22O2. The summed E-state index contributed by atoms with van der Waals surface area (Å²) in [6, 6.07) is 17.3. The van der Waals surface area contributed by atoms with Gasteiger partial charge in [0.05, 0.1) is 0 Å². The lowest BCUT2D eigenvalue weighted by atomic mass is 9.79. The molecule has 5 aromatic carbocycles. The Hall–Kier alpha value is -3.52. The minimum Gasteiger partial charge on any atom is -0.294 e. The third-order valence-electron chi connectivity index (χ3n) is 7.75. The Labute approximate surface area is 185 Å². The van der Waals surface area contributed by atoms with E-state index in [1.54, 1.807) is 0 Å². The van der Waals surface area contributed by atoms with Crippen molar-refractivity contribution in [2.45, 2.75) is 39.5 Å². The van der Waals surface area contributed by atoms with Gasteiger partial charge >= 0.3 is 0 Å². The van der Waals surface area contributed by atoms with E-state index in [4.69, 9.17) is 0 Å². The summed E-state index contributed by atoms with van der Waals surface area (Å²) in [5, 5.41) is 9.34. The predicted octanol–water partition coefficient (Wildman–Crippen LogP) is 7.17. The fourth-order valence-corrected chi connectivity index (χ4v) is 6.25. The first kappa shape index (κ1) is 18.1. The average Bonchev–Trinajstić information content (AvgIpc) is 2.80. The zero-order valence-electron chi connectivity index (χ0n) is 18.3. The Morgan fingerprint density at radius 2 is 0.938 bits per heavy atom. The molecule has 0 spiro atoms. The molecule has 0 atom stereocenters. The van der Waals surface area contributed by atoms with Crippen molar-refractivity contribution in [2.75, 3.05) is 0 Å². The maximum Gasteiger partial charge on any atom is 0.163 e. The molecule has 0 N–H and O–H groups in total. The number of carbonyl (C=O) groups is 2. The number of rotatable bonds is 0. The van der Waals surface area contributed by atoms with E-state index in [1.807, 2.05) is 0 Å². The average molecular weight is 415 g/mol. The third kappa shape index (κ3) is 2.15. The lowest BCUT2D eigenvalue weighted by molar-refractivity contribution is 0.0974. The molecule has 0 bridgehead atoms. The molecule has 0 heterocycles. The van der Waals surface area contributed by atoms with Gasteiger partial charge in [-0.05, 0) is 104 Å². The zero-order valence-corrected chi connectivity index (χ0v) is 18.3. The molecule has 0 aliphatic heterocycles. The van der Waals surface area contributed by atoms with E-state index >= 15 is 0 Å². The van der Waals surface area contributed by atoms with Gasteiger partial charge in [-0.3, -0.25) is 9.59 Å². The molecule has 7 rings (SSSR count). The topological polar surface area (TPSA) is 34.1 Å². The minimum atomic E-state index is 0.244. The van der Waals surface area contributed by atoms with Crippen LogP contribution in [-0.4, -0.2) is 11.6 Å². The fraction of sp³-hybridized carbons (Fsp3) is 0.200. The summed E-state index contributed by atoms with van der Waals surface area (Å²) >= 11 is 0. The van der Waals surface area contributed by atoms with Gasteiger partial charge < -0.3 is 0 Å². The highest BCUT2D eigenvalue weighted by molar-refractivity contribution is 6.33. The van der Waals surface area contributed by atoms with Gasteiger partial charge in [-0.15, -0.1) is 0 Å². The molecule has 5 aromatic rings. The summed E-state index contributed by atoms with van der Waals surface area (Å²) in [7, 11) is 0. The molecule has 2 nitrogen and oxygen atoms in total. The van der Waals surface area contributed by atoms with Gasteiger partial charge in [-0.1, -0.05) is 36.4 Å². The molecule has 0 unspecified atom stereocenters. The van der Waals surface area contributed by atoms with Gasteiger partial charge in [-0.2, -0.15) is 0 Å². The second-order valence-electron chi connectivity index (χ2n) is 9.54. The van der Waals surface area contributed by atoms with Crippen LogP contribution in [0.15, 0.2) is 48.5 Å². The maximum absolute atomic E-state index is 12.9. The van der Waals surface area contributed by atoms with Gasteiger partial charge in [0.15, 0.2) is 11.6 Å². The molecule has 2 aliphatic carbocycles. The quantitative estimate of drug-likeness (QED) is 0.252. The van der Waals surface area contributed by atoms with Crippen molar-refractivity contribution in [1.29, 1.82) is 0 Å². The van der Waals surface area contributed by atoms with E-state index in [1.165, 1.54) is 43.8 Å². The highest BCUT2D eigenvalue weighted by atomic mass is 16.1. The molecule has 0 amide bonds. The molecule has 154 valence electrons. The maximum atomic E-state index is 12.9. The van der Waals surface area contributed by atoms with Crippen LogP contribution in [0.3, 0.4) is 0 Å². The highest BCUT2D eigenvalue weighted by Crippen LogP contribution is 2.45. The van der Waals surface area contributed by atoms with Crippen LogP contribution in [0.1, 0.15) is 55.8 Å². The summed E-state index contributed by atoms with van der Waals surface area (Å²) in [6.07, 6.45) is 2.78. The summed E-state index contributed by atoms with van der Waals surface area (Å²) in [5.41, 5.74) is 6.68. The normalized spacial score (nSPS) is 15.4. The van der Waals surface area contributed by atoms with Crippen LogP contribution >= 0.6 is 0 Å². The second-order valence-corrected chi connectivity index (χ2v) is 9.54. The summed E-state index contributed by atoms with van der Waals surface area (Å²) in [6.45, 7) is 4.31. The van der Waals surface area contributed by atoms with Gasteiger partial charge in [0, 0.05) is 24.0 Å². The number of hydrogen-bond donors (Lipinski definition) is 0. The minimum absolute atomic E-state index is 0.244. The van der Waals surface area contributed by atoms with Crippen molar-refractivity contribution in [2.24, 2.45) is 0 Å². The fourth-order valence-electron chi connectivity index (χ4n) is 6.25. The largest absolute Gasteiger partial charge is 0.294 e. The van der Waals surface area contributed by atoms with E-state index in [2.05, 4.69) is 62.4 Å². The predicted molar refractivity (Wildman–Crippen MR) is 131 cm³/mol. The van der Waals surface area contributed by atoms with E-state index in [9.17, 15) is 9.59 Å². The molecular weight excluding hydrogens is 392 g/mol. The Morgan fingerprint density at radius 1 is 0.500 bits per heavy atom. The Balaban J connectivity index is 1.84. The molecule has 0 fully saturated rings. The van der Waals surface area contributed by atoms with Gasteiger partial charge in [0.2, 0.25) is 0 Å². The van der Waals surface area contributed by atoms with Crippen LogP contribution in [0.5, 0.6) is 0 Å². The van der Waals surface area contributed by atoms with Crippen LogP contribution in [0, 0.1) is 13.8 Å². The van der Waals surface area contributed by atoms with Crippen molar-refractivity contribution < 1.29 is 9.59 Å². The number of hydrogen-bond acceptors (Lipinski definition) is 2. The lowest BCUT2D eigenvalue weighted by Crippen LogP contribution is -2.11. The van der Waals surface area contributed by atoms with Crippen LogP contribution in [0.4, 0.5) is 0 Å². The molecule has 32 heavy (non-hydrogen) atoms. The van der Waals surface area contributed by atoms with Crippen molar-refractivity contribution in [1.82, 2.24) is 0 Å². The second kappa shape index (κ2) is 6.04. The van der Waals surface area contributed by atoms with Crippen molar-refractivity contribution in [3.8, 4) is 0 Å².